The van der Waals surface area contributed by atoms with Crippen LogP contribution in [0, 0.1) is 6.92 Å². The molecule has 2 aromatic heterocycles. The highest BCUT2D eigenvalue weighted by Crippen LogP contribution is 2.26. The van der Waals surface area contributed by atoms with Crippen LogP contribution in [0.25, 0.3) is 11.5 Å². The molecule has 0 aliphatic heterocycles. The molecule has 0 spiro atoms. The zero-order valence-electron chi connectivity index (χ0n) is 15.7. The zero-order chi connectivity index (χ0) is 19.5. The first-order valence-corrected chi connectivity index (χ1v) is 8.90. The van der Waals surface area contributed by atoms with Crippen molar-refractivity contribution in [3.8, 4) is 17.3 Å². The summed E-state index contributed by atoms with van der Waals surface area (Å²) < 4.78 is 8.97. The van der Waals surface area contributed by atoms with Crippen molar-refractivity contribution in [3.63, 3.8) is 0 Å². The Bertz CT molecular complexity index is 1100. The van der Waals surface area contributed by atoms with E-state index in [0.717, 1.165) is 11.3 Å². The topological polar surface area (TPSA) is 61.1 Å². The summed E-state index contributed by atoms with van der Waals surface area (Å²) in [5.41, 5.74) is 3.11. The normalized spacial score (nSPS) is 10.6. The van der Waals surface area contributed by atoms with Crippen LogP contribution in [0.2, 0.25) is 0 Å². The van der Waals surface area contributed by atoms with E-state index >= 15 is 0 Å². The maximum Gasteiger partial charge on any atom is 0.261 e. The van der Waals surface area contributed by atoms with Gasteiger partial charge in [0.2, 0.25) is 0 Å². The Kier molecular flexibility index (Phi) is 4.68. The smallest absolute Gasteiger partial charge is 0.261 e. The second kappa shape index (κ2) is 7.44. The average Bonchev–Trinajstić information content (AvgIpc) is 3.38. The number of hydrogen-bond acceptors (Lipinski definition) is 3. The molecule has 0 unspecified atom stereocenters. The number of carbonyl (C=O) groups is 1. The number of ether oxygens (including phenoxy) is 1. The lowest BCUT2D eigenvalue weighted by molar-refractivity contribution is 0.102. The van der Waals surface area contributed by atoms with Gasteiger partial charge in [0.15, 0.2) is 5.82 Å². The number of amides is 1. The van der Waals surface area contributed by atoms with Crippen LogP contribution < -0.4 is 10.1 Å². The number of carbonyl (C=O) groups excluding carboxylic acids is 1. The Labute approximate surface area is 163 Å². The van der Waals surface area contributed by atoms with E-state index in [1.165, 1.54) is 0 Å². The highest BCUT2D eigenvalue weighted by Gasteiger charge is 2.20. The van der Waals surface area contributed by atoms with Crippen molar-refractivity contribution in [2.45, 2.75) is 6.92 Å². The molecule has 0 radical (unpaired) electrons. The van der Waals surface area contributed by atoms with Crippen molar-refractivity contribution in [2.24, 2.45) is 0 Å². The van der Waals surface area contributed by atoms with E-state index in [4.69, 9.17) is 4.74 Å². The molecule has 2 aromatic carbocycles. The second-order valence-corrected chi connectivity index (χ2v) is 6.37. The van der Waals surface area contributed by atoms with Gasteiger partial charge in [-0.05, 0) is 43.3 Å². The Morgan fingerprint density at radius 2 is 1.71 bits per heavy atom. The molecule has 140 valence electrons. The quantitative estimate of drug-likeness (QED) is 0.570. The summed E-state index contributed by atoms with van der Waals surface area (Å²) in [6, 6.07) is 19.1. The first-order chi connectivity index (χ1) is 13.7. The van der Waals surface area contributed by atoms with Crippen LogP contribution in [0.5, 0.6) is 5.75 Å². The number of aromatic nitrogens is 3. The maximum absolute atomic E-state index is 13.1. The number of nitrogens with zero attached hydrogens (tertiary/aromatic N) is 3. The molecule has 1 amide bonds. The van der Waals surface area contributed by atoms with Crippen molar-refractivity contribution in [1.82, 2.24) is 14.3 Å². The molecule has 2 heterocycles. The zero-order valence-corrected chi connectivity index (χ0v) is 15.7. The van der Waals surface area contributed by atoms with E-state index in [-0.39, 0.29) is 5.91 Å². The number of methoxy groups -OCH3 is 1. The second-order valence-electron chi connectivity index (χ2n) is 6.37. The van der Waals surface area contributed by atoms with Crippen molar-refractivity contribution < 1.29 is 9.53 Å². The molecule has 28 heavy (non-hydrogen) atoms. The summed E-state index contributed by atoms with van der Waals surface area (Å²) in [4.78, 5) is 13.1. The molecule has 6 heteroatoms. The number of rotatable bonds is 5. The first-order valence-electron chi connectivity index (χ1n) is 8.90. The van der Waals surface area contributed by atoms with Crippen molar-refractivity contribution in [1.29, 1.82) is 0 Å². The van der Waals surface area contributed by atoms with Gasteiger partial charge in [0.05, 0.1) is 24.7 Å². The minimum absolute atomic E-state index is 0.258. The molecule has 0 saturated heterocycles. The highest BCUT2D eigenvalue weighted by molar-refractivity contribution is 6.07. The molecule has 0 bridgehead atoms. The van der Waals surface area contributed by atoms with Crippen LogP contribution in [-0.2, 0) is 0 Å². The van der Waals surface area contributed by atoms with Gasteiger partial charge in [-0.3, -0.25) is 4.79 Å². The fourth-order valence-electron chi connectivity index (χ4n) is 3.04. The van der Waals surface area contributed by atoms with E-state index in [0.29, 0.717) is 22.8 Å². The molecule has 0 fully saturated rings. The predicted molar refractivity (Wildman–Crippen MR) is 109 cm³/mol. The molecular formula is C22H20N4O2. The van der Waals surface area contributed by atoms with E-state index in [2.05, 4.69) is 10.4 Å². The van der Waals surface area contributed by atoms with Crippen LogP contribution in [-0.4, -0.2) is 27.4 Å². The molecule has 0 aliphatic carbocycles. The number of nitrogens with one attached hydrogen (secondary N) is 1. The fraction of sp³-hybridized carbons (Fsp3) is 0.0909. The van der Waals surface area contributed by atoms with Gasteiger partial charge in [0.1, 0.15) is 11.3 Å². The van der Waals surface area contributed by atoms with Crippen LogP contribution in [0.1, 0.15) is 15.9 Å². The van der Waals surface area contributed by atoms with Gasteiger partial charge in [-0.2, -0.15) is 5.10 Å². The lowest BCUT2D eigenvalue weighted by Crippen LogP contribution is -2.15. The Hall–Kier alpha value is -3.80. The third-order valence-corrected chi connectivity index (χ3v) is 4.47. The van der Waals surface area contributed by atoms with Crippen LogP contribution in [0.3, 0.4) is 0 Å². The molecule has 0 saturated carbocycles. The third-order valence-electron chi connectivity index (χ3n) is 4.47. The minimum Gasteiger partial charge on any atom is -0.495 e. The number of benzene rings is 2. The number of hydrogen-bond donors (Lipinski definition) is 1. The fourth-order valence-corrected chi connectivity index (χ4v) is 3.04. The summed E-state index contributed by atoms with van der Waals surface area (Å²) >= 11 is 0. The SMILES string of the molecule is COc1ccccc1NC(=O)c1cnn(-c2ccc(C)cc2)c1-n1cccc1. The van der Waals surface area contributed by atoms with Crippen LogP contribution in [0.4, 0.5) is 5.69 Å². The third kappa shape index (κ3) is 3.27. The number of anilines is 1. The van der Waals surface area contributed by atoms with Gasteiger partial charge in [-0.15, -0.1) is 0 Å². The monoisotopic (exact) mass is 372 g/mol. The molecule has 6 nitrogen and oxygen atoms in total. The summed E-state index contributed by atoms with van der Waals surface area (Å²) in [6.45, 7) is 2.03. The molecule has 1 N–H and O–H groups in total. The van der Waals surface area contributed by atoms with E-state index in [1.807, 2.05) is 72.4 Å². The van der Waals surface area contributed by atoms with Gasteiger partial charge < -0.3 is 14.6 Å². The first kappa shape index (κ1) is 17.6. The predicted octanol–water partition coefficient (Wildman–Crippen LogP) is 4.23. The Morgan fingerprint density at radius 1 is 1.00 bits per heavy atom. The Balaban J connectivity index is 1.77. The minimum atomic E-state index is -0.258. The highest BCUT2D eigenvalue weighted by atomic mass is 16.5. The van der Waals surface area contributed by atoms with Gasteiger partial charge in [-0.1, -0.05) is 29.8 Å². The van der Waals surface area contributed by atoms with Crippen molar-refractivity contribution in [2.75, 3.05) is 12.4 Å². The molecule has 4 rings (SSSR count). The summed E-state index contributed by atoms with van der Waals surface area (Å²) in [6.07, 6.45) is 5.36. The van der Waals surface area contributed by atoms with Crippen molar-refractivity contribution >= 4 is 11.6 Å². The summed E-state index contributed by atoms with van der Waals surface area (Å²) in [5.74, 6) is 1.01. The van der Waals surface area contributed by atoms with Crippen LogP contribution >= 0.6 is 0 Å². The molecule has 0 aliphatic rings. The van der Waals surface area contributed by atoms with Crippen LogP contribution in [0.15, 0.2) is 79.3 Å². The van der Waals surface area contributed by atoms with Gasteiger partial charge >= 0.3 is 0 Å². The molecule has 4 aromatic rings. The average molecular weight is 372 g/mol. The van der Waals surface area contributed by atoms with E-state index in [9.17, 15) is 4.79 Å². The summed E-state index contributed by atoms with van der Waals surface area (Å²) in [5, 5.41) is 7.40. The standard InChI is InChI=1S/C22H20N4O2/c1-16-9-11-17(12-10-16)26-22(25-13-5-6-14-25)18(15-23-26)21(27)24-19-7-3-4-8-20(19)28-2/h3-15H,1-2H3,(H,24,27). The van der Waals surface area contributed by atoms with Crippen molar-refractivity contribution in [3.05, 3.63) is 90.4 Å². The summed E-state index contributed by atoms with van der Waals surface area (Å²) in [7, 11) is 1.58. The van der Waals surface area contributed by atoms with Gasteiger partial charge in [0.25, 0.3) is 5.91 Å². The number of para-hydroxylation sites is 2. The van der Waals surface area contributed by atoms with Gasteiger partial charge in [-0.25, -0.2) is 4.68 Å². The molecular weight excluding hydrogens is 352 g/mol. The number of aryl methyl sites for hydroxylation is 1. The molecule has 0 atom stereocenters. The van der Waals surface area contributed by atoms with Gasteiger partial charge in [0, 0.05) is 12.4 Å². The van der Waals surface area contributed by atoms with E-state index < -0.39 is 0 Å². The Morgan fingerprint density at radius 3 is 2.43 bits per heavy atom. The largest absolute Gasteiger partial charge is 0.495 e. The van der Waals surface area contributed by atoms with E-state index in [1.54, 1.807) is 30.1 Å². The lowest BCUT2D eigenvalue weighted by Gasteiger charge is -2.12. The lowest BCUT2D eigenvalue weighted by atomic mass is 10.2. The maximum atomic E-state index is 13.1.